The Morgan fingerprint density at radius 2 is 2.04 bits per heavy atom. The van der Waals surface area contributed by atoms with Crippen molar-refractivity contribution in [1.29, 1.82) is 0 Å². The van der Waals surface area contributed by atoms with E-state index in [1.807, 2.05) is 18.2 Å². The second-order valence-electron chi connectivity index (χ2n) is 7.16. The van der Waals surface area contributed by atoms with Crippen molar-refractivity contribution in [3.05, 3.63) is 41.6 Å². The lowest BCUT2D eigenvalue weighted by Gasteiger charge is -2.28. The Bertz CT molecular complexity index is 804. The molecule has 146 valence electrons. The van der Waals surface area contributed by atoms with Crippen molar-refractivity contribution in [2.45, 2.75) is 50.0 Å². The number of halogens is 3. The van der Waals surface area contributed by atoms with Crippen LogP contribution in [0.25, 0.3) is 10.9 Å². The van der Waals surface area contributed by atoms with Gasteiger partial charge in [0.1, 0.15) is 5.56 Å². The molecule has 2 N–H and O–H groups in total. The van der Waals surface area contributed by atoms with Crippen LogP contribution in [-0.4, -0.2) is 34.0 Å². The number of carbonyl (C=O) groups excluding carboxylic acids is 1. The van der Waals surface area contributed by atoms with E-state index in [0.717, 1.165) is 11.1 Å². The molecule has 0 bridgehead atoms. The molecule has 1 atom stereocenters. The zero-order chi connectivity index (χ0) is 19.4. The van der Waals surface area contributed by atoms with E-state index in [1.54, 1.807) is 12.1 Å². The minimum absolute atomic E-state index is 0.0928. The molecule has 1 aromatic carbocycles. The normalized spacial score (nSPS) is 18.4. The topological polar surface area (TPSA) is 62.2 Å². The van der Waals surface area contributed by atoms with Crippen molar-refractivity contribution in [2.24, 2.45) is 5.92 Å². The maximum Gasteiger partial charge on any atom is 0.251 e. The number of hydrogen-bond donors (Lipinski definition) is 2. The lowest BCUT2D eigenvalue weighted by Crippen LogP contribution is -2.33. The minimum atomic E-state index is -2.56. The fourth-order valence-corrected chi connectivity index (χ4v) is 3.55. The van der Waals surface area contributed by atoms with Crippen LogP contribution < -0.4 is 5.32 Å². The van der Waals surface area contributed by atoms with Crippen LogP contribution in [0.3, 0.4) is 0 Å². The van der Waals surface area contributed by atoms with Crippen LogP contribution in [0.5, 0.6) is 0 Å². The largest absolute Gasteiger partial charge is 0.378 e. The highest BCUT2D eigenvalue weighted by atomic mass is 35.5. The molecule has 0 saturated heterocycles. The van der Waals surface area contributed by atoms with Crippen molar-refractivity contribution in [3.8, 4) is 0 Å². The smallest absolute Gasteiger partial charge is 0.251 e. The summed E-state index contributed by atoms with van der Waals surface area (Å²) >= 11 is 5.56. The molecule has 0 radical (unpaired) electrons. The number of aliphatic hydroxyl groups is 1. The summed E-state index contributed by atoms with van der Waals surface area (Å²) < 4.78 is 26.5. The summed E-state index contributed by atoms with van der Waals surface area (Å²) in [6.45, 7) is 0.407. The monoisotopic (exact) mass is 396 g/mol. The molecule has 1 heterocycles. The highest BCUT2D eigenvalue weighted by Gasteiger charge is 2.34. The summed E-state index contributed by atoms with van der Waals surface area (Å²) in [6, 6.07) is 8.99. The van der Waals surface area contributed by atoms with Crippen molar-refractivity contribution in [3.63, 3.8) is 0 Å². The molecule has 1 fully saturated rings. The summed E-state index contributed by atoms with van der Waals surface area (Å²) in [4.78, 5) is 17.1. The summed E-state index contributed by atoms with van der Waals surface area (Å²) in [5.41, 5.74) is 1.11. The molecule has 3 rings (SSSR count). The number of benzene rings is 1. The number of rotatable bonds is 6. The van der Waals surface area contributed by atoms with Gasteiger partial charge < -0.3 is 10.4 Å². The van der Waals surface area contributed by atoms with Crippen LogP contribution in [0.4, 0.5) is 8.78 Å². The van der Waals surface area contributed by atoms with Crippen LogP contribution in [0.15, 0.2) is 30.3 Å². The van der Waals surface area contributed by atoms with Gasteiger partial charge in [-0.25, -0.2) is 8.78 Å². The number of nitrogens with zero attached hydrogens (tertiary/aromatic N) is 1. The lowest BCUT2D eigenvalue weighted by molar-refractivity contribution is -0.0452. The van der Waals surface area contributed by atoms with Crippen LogP contribution in [0.1, 0.15) is 48.2 Å². The highest BCUT2D eigenvalue weighted by molar-refractivity contribution is 6.19. The number of aliphatic hydroxyl groups excluding tert-OH is 1. The van der Waals surface area contributed by atoms with Crippen molar-refractivity contribution in [2.75, 3.05) is 6.54 Å². The molecule has 4 nitrogen and oxygen atoms in total. The highest BCUT2D eigenvalue weighted by Crippen LogP contribution is 2.35. The second kappa shape index (κ2) is 8.48. The number of carbonyl (C=O) groups is 1. The first kappa shape index (κ1) is 20.0. The van der Waals surface area contributed by atoms with E-state index in [4.69, 9.17) is 11.6 Å². The number of nitrogens with one attached hydrogen (secondary N) is 1. The van der Waals surface area contributed by atoms with Gasteiger partial charge in [-0.15, -0.1) is 0 Å². The maximum atomic E-state index is 13.2. The van der Waals surface area contributed by atoms with Crippen molar-refractivity contribution < 1.29 is 18.7 Å². The Morgan fingerprint density at radius 3 is 2.74 bits per heavy atom. The predicted octanol–water partition coefficient (Wildman–Crippen LogP) is 4.28. The van der Waals surface area contributed by atoms with Crippen LogP contribution >= 0.6 is 11.6 Å². The van der Waals surface area contributed by atoms with Gasteiger partial charge in [-0.3, -0.25) is 9.78 Å². The summed E-state index contributed by atoms with van der Waals surface area (Å²) in [5.74, 6) is -2.68. The number of amides is 1. The Hall–Kier alpha value is -1.79. The van der Waals surface area contributed by atoms with Gasteiger partial charge in [0.05, 0.1) is 5.52 Å². The van der Waals surface area contributed by atoms with Gasteiger partial charge in [0, 0.05) is 36.0 Å². The molecule has 1 unspecified atom stereocenters. The van der Waals surface area contributed by atoms with Gasteiger partial charge in [-0.05, 0) is 49.8 Å². The molecule has 1 aromatic heterocycles. The van der Waals surface area contributed by atoms with E-state index >= 15 is 0 Å². The van der Waals surface area contributed by atoms with Gasteiger partial charge in [0.25, 0.3) is 5.91 Å². The second-order valence-corrected chi connectivity index (χ2v) is 7.66. The van der Waals surface area contributed by atoms with Gasteiger partial charge >= 0.3 is 0 Å². The zero-order valence-corrected chi connectivity index (χ0v) is 15.7. The summed E-state index contributed by atoms with van der Waals surface area (Å²) in [7, 11) is 0. The Morgan fingerprint density at radius 1 is 1.30 bits per heavy atom. The van der Waals surface area contributed by atoms with E-state index in [0.29, 0.717) is 43.3 Å². The Balaban J connectivity index is 1.66. The molecule has 7 heteroatoms. The summed E-state index contributed by atoms with van der Waals surface area (Å²) in [5, 5.41) is 12.8. The molecule has 0 spiro atoms. The van der Waals surface area contributed by atoms with E-state index in [2.05, 4.69) is 10.3 Å². The fourth-order valence-electron chi connectivity index (χ4n) is 3.44. The van der Waals surface area contributed by atoms with Gasteiger partial charge in [0.15, 0.2) is 0 Å². The molecule has 1 aliphatic carbocycles. The van der Waals surface area contributed by atoms with Crippen LogP contribution in [0, 0.1) is 5.92 Å². The SMILES string of the molecule is O=C(NCC1CCC(F)(F)CC1)c1cccc2nc(CCC(O)Cl)ccc12. The number of fused-ring (bicyclic) bond motifs is 1. The van der Waals surface area contributed by atoms with Crippen LogP contribution in [-0.2, 0) is 6.42 Å². The standard InChI is InChI=1S/C20H23ClF2N2O2/c21-18(26)7-5-14-4-6-15-16(2-1-3-17(15)25-14)19(27)24-12-13-8-10-20(22,23)11-9-13/h1-4,6,13,18,26H,5,7-12H2,(H,24,27). The lowest BCUT2D eigenvalue weighted by atomic mass is 9.87. The molecule has 1 saturated carbocycles. The van der Waals surface area contributed by atoms with Gasteiger partial charge in [0.2, 0.25) is 5.92 Å². The number of aryl methyl sites for hydroxylation is 1. The molecule has 0 aliphatic heterocycles. The fraction of sp³-hybridized carbons (Fsp3) is 0.500. The first-order chi connectivity index (χ1) is 12.8. The van der Waals surface area contributed by atoms with Gasteiger partial charge in [-0.1, -0.05) is 23.7 Å². The molecule has 27 heavy (non-hydrogen) atoms. The minimum Gasteiger partial charge on any atom is -0.378 e. The quantitative estimate of drug-likeness (QED) is 0.716. The molecular weight excluding hydrogens is 374 g/mol. The third-order valence-electron chi connectivity index (χ3n) is 5.06. The molecule has 1 aliphatic rings. The van der Waals surface area contributed by atoms with E-state index in [9.17, 15) is 18.7 Å². The van der Waals surface area contributed by atoms with E-state index in [-0.39, 0.29) is 24.7 Å². The number of aromatic nitrogens is 1. The van der Waals surface area contributed by atoms with Crippen LogP contribution in [0.2, 0.25) is 0 Å². The number of pyridine rings is 1. The van der Waals surface area contributed by atoms with E-state index in [1.165, 1.54) is 0 Å². The first-order valence-electron chi connectivity index (χ1n) is 9.21. The van der Waals surface area contributed by atoms with Crippen molar-refractivity contribution >= 4 is 28.4 Å². The van der Waals surface area contributed by atoms with Gasteiger partial charge in [-0.2, -0.15) is 0 Å². The summed E-state index contributed by atoms with van der Waals surface area (Å²) in [6.07, 6.45) is 1.60. The zero-order valence-electron chi connectivity index (χ0n) is 14.9. The number of alkyl halides is 3. The third kappa shape index (κ3) is 5.36. The molecule has 1 amide bonds. The number of hydrogen-bond acceptors (Lipinski definition) is 3. The predicted molar refractivity (Wildman–Crippen MR) is 101 cm³/mol. The average Bonchev–Trinajstić information content (AvgIpc) is 2.64. The van der Waals surface area contributed by atoms with E-state index < -0.39 is 11.5 Å². The first-order valence-corrected chi connectivity index (χ1v) is 9.64. The molecule has 2 aromatic rings. The third-order valence-corrected chi connectivity index (χ3v) is 5.28. The Labute approximate surface area is 161 Å². The Kier molecular flexibility index (Phi) is 6.27. The molecular formula is C20H23ClF2N2O2. The average molecular weight is 397 g/mol. The maximum absolute atomic E-state index is 13.2. The van der Waals surface area contributed by atoms with Crippen molar-refractivity contribution in [1.82, 2.24) is 10.3 Å².